The number of ether oxygens (including phenoxy) is 1. The lowest BCUT2D eigenvalue weighted by Gasteiger charge is -2.22. The SMILES string of the molecule is CN(C)C(=O)COCC1CN(S(C)(=O)=O)Cc2ccnn2C1. The third kappa shape index (κ3) is 4.28. The van der Waals surface area contributed by atoms with E-state index in [1.54, 1.807) is 25.0 Å². The summed E-state index contributed by atoms with van der Waals surface area (Å²) in [4.78, 5) is 13.0. The summed E-state index contributed by atoms with van der Waals surface area (Å²) in [6.07, 6.45) is 2.86. The summed E-state index contributed by atoms with van der Waals surface area (Å²) in [6.45, 7) is 1.55. The van der Waals surface area contributed by atoms with Crippen molar-refractivity contribution in [3.63, 3.8) is 0 Å². The van der Waals surface area contributed by atoms with Crippen molar-refractivity contribution in [1.82, 2.24) is 19.0 Å². The first kappa shape index (κ1) is 16.9. The fourth-order valence-electron chi connectivity index (χ4n) is 2.29. The molecule has 124 valence electrons. The van der Waals surface area contributed by atoms with Crippen LogP contribution in [0.25, 0.3) is 0 Å². The van der Waals surface area contributed by atoms with Crippen LogP contribution in [0.1, 0.15) is 5.69 Å². The molecule has 0 fully saturated rings. The van der Waals surface area contributed by atoms with Crippen LogP contribution < -0.4 is 0 Å². The number of hydrogen-bond donors (Lipinski definition) is 0. The summed E-state index contributed by atoms with van der Waals surface area (Å²) < 4.78 is 32.4. The average molecular weight is 330 g/mol. The van der Waals surface area contributed by atoms with Gasteiger partial charge in [0.05, 0.1) is 25.1 Å². The molecule has 1 aromatic rings. The molecule has 1 aromatic heterocycles. The Morgan fingerprint density at radius 2 is 2.18 bits per heavy atom. The first-order valence-electron chi connectivity index (χ1n) is 7.01. The molecule has 0 saturated heterocycles. The second-order valence-corrected chi connectivity index (χ2v) is 7.71. The van der Waals surface area contributed by atoms with E-state index in [-0.39, 0.29) is 18.4 Å². The van der Waals surface area contributed by atoms with Crippen LogP contribution >= 0.6 is 0 Å². The van der Waals surface area contributed by atoms with E-state index >= 15 is 0 Å². The van der Waals surface area contributed by atoms with Crippen molar-refractivity contribution >= 4 is 15.9 Å². The predicted molar refractivity (Wildman–Crippen MR) is 80.5 cm³/mol. The van der Waals surface area contributed by atoms with E-state index in [2.05, 4.69) is 5.10 Å². The first-order chi connectivity index (χ1) is 10.3. The lowest BCUT2D eigenvalue weighted by molar-refractivity contribution is -0.134. The van der Waals surface area contributed by atoms with Gasteiger partial charge in [0.25, 0.3) is 0 Å². The highest BCUT2D eigenvalue weighted by Crippen LogP contribution is 2.18. The van der Waals surface area contributed by atoms with Gasteiger partial charge < -0.3 is 9.64 Å². The smallest absolute Gasteiger partial charge is 0.248 e. The summed E-state index contributed by atoms with van der Waals surface area (Å²) in [5.74, 6) is -0.167. The molecule has 0 aliphatic carbocycles. The Bertz CT molecular complexity index is 626. The molecular formula is C13H22N4O4S. The number of hydrogen-bond acceptors (Lipinski definition) is 5. The number of aromatic nitrogens is 2. The lowest BCUT2D eigenvalue weighted by Crippen LogP contribution is -2.35. The third-order valence-electron chi connectivity index (χ3n) is 3.58. The Morgan fingerprint density at radius 1 is 1.45 bits per heavy atom. The van der Waals surface area contributed by atoms with E-state index < -0.39 is 10.0 Å². The average Bonchev–Trinajstić information content (AvgIpc) is 2.76. The summed E-state index contributed by atoms with van der Waals surface area (Å²) in [5, 5.41) is 4.22. The molecule has 1 aliphatic rings. The molecule has 1 aliphatic heterocycles. The van der Waals surface area contributed by atoms with Crippen LogP contribution in [0.3, 0.4) is 0 Å². The molecule has 2 rings (SSSR count). The normalized spacial score (nSPS) is 19.5. The van der Waals surface area contributed by atoms with Gasteiger partial charge in [-0.2, -0.15) is 9.40 Å². The summed E-state index contributed by atoms with van der Waals surface area (Å²) in [6, 6.07) is 1.82. The number of nitrogens with zero attached hydrogens (tertiary/aromatic N) is 4. The minimum absolute atomic E-state index is 0.00562. The molecule has 0 saturated carbocycles. The topological polar surface area (TPSA) is 84.7 Å². The Balaban J connectivity index is 2.03. The number of amides is 1. The van der Waals surface area contributed by atoms with Gasteiger partial charge in [0, 0.05) is 39.3 Å². The van der Waals surface area contributed by atoms with Gasteiger partial charge in [0.1, 0.15) is 6.61 Å². The molecule has 0 bridgehead atoms. The number of rotatable bonds is 5. The Kier molecular flexibility index (Phi) is 5.20. The predicted octanol–water partition coefficient (Wildman–Crippen LogP) is -0.621. The maximum atomic E-state index is 11.9. The monoisotopic (exact) mass is 330 g/mol. The van der Waals surface area contributed by atoms with Gasteiger partial charge >= 0.3 is 0 Å². The first-order valence-corrected chi connectivity index (χ1v) is 8.86. The zero-order valence-corrected chi connectivity index (χ0v) is 13.9. The van der Waals surface area contributed by atoms with Crippen molar-refractivity contribution in [3.8, 4) is 0 Å². The summed E-state index contributed by atoms with van der Waals surface area (Å²) >= 11 is 0. The highest BCUT2D eigenvalue weighted by molar-refractivity contribution is 7.88. The highest BCUT2D eigenvalue weighted by atomic mass is 32.2. The molecule has 2 heterocycles. The largest absolute Gasteiger partial charge is 0.371 e. The van der Waals surface area contributed by atoms with Crippen LogP contribution in [0.2, 0.25) is 0 Å². The van der Waals surface area contributed by atoms with Crippen LogP contribution in [-0.4, -0.2) is 73.4 Å². The zero-order chi connectivity index (χ0) is 16.3. The van der Waals surface area contributed by atoms with Gasteiger partial charge in [-0.05, 0) is 6.07 Å². The van der Waals surface area contributed by atoms with Crippen molar-refractivity contribution in [3.05, 3.63) is 18.0 Å². The minimum Gasteiger partial charge on any atom is -0.371 e. The molecule has 1 amide bonds. The van der Waals surface area contributed by atoms with Crippen molar-refractivity contribution < 1.29 is 17.9 Å². The lowest BCUT2D eigenvalue weighted by atomic mass is 10.1. The van der Waals surface area contributed by atoms with Gasteiger partial charge in [-0.3, -0.25) is 9.48 Å². The fraction of sp³-hybridized carbons (Fsp3) is 0.692. The molecule has 22 heavy (non-hydrogen) atoms. The minimum atomic E-state index is -3.30. The highest BCUT2D eigenvalue weighted by Gasteiger charge is 2.27. The summed E-state index contributed by atoms with van der Waals surface area (Å²) in [5.41, 5.74) is 0.859. The van der Waals surface area contributed by atoms with E-state index in [1.165, 1.54) is 15.5 Å². The second-order valence-electron chi connectivity index (χ2n) is 5.73. The van der Waals surface area contributed by atoms with Crippen molar-refractivity contribution in [2.75, 3.05) is 40.1 Å². The second kappa shape index (κ2) is 6.76. The van der Waals surface area contributed by atoms with Crippen LogP contribution in [0.15, 0.2) is 12.3 Å². The van der Waals surface area contributed by atoms with Crippen molar-refractivity contribution in [2.24, 2.45) is 5.92 Å². The van der Waals surface area contributed by atoms with Gasteiger partial charge in [-0.25, -0.2) is 8.42 Å². The zero-order valence-electron chi connectivity index (χ0n) is 13.1. The van der Waals surface area contributed by atoms with E-state index in [4.69, 9.17) is 4.74 Å². The van der Waals surface area contributed by atoms with E-state index in [0.717, 1.165) is 5.69 Å². The van der Waals surface area contributed by atoms with E-state index in [9.17, 15) is 13.2 Å². The molecule has 1 atom stereocenters. The van der Waals surface area contributed by atoms with E-state index in [0.29, 0.717) is 26.2 Å². The Hall–Kier alpha value is -1.45. The maximum absolute atomic E-state index is 11.9. The standard InChI is InChI=1S/C13H22N4O4S/c1-15(2)13(18)10-21-9-11-6-16(22(3,19)20)8-12-4-5-14-17(12)7-11/h4-5,11H,6-10H2,1-3H3. The van der Waals surface area contributed by atoms with Crippen LogP contribution in [-0.2, 0) is 32.6 Å². The van der Waals surface area contributed by atoms with Gasteiger partial charge in [0.2, 0.25) is 15.9 Å². The number of carbonyl (C=O) groups is 1. The molecule has 0 spiro atoms. The van der Waals surface area contributed by atoms with E-state index in [1.807, 2.05) is 6.07 Å². The molecular weight excluding hydrogens is 308 g/mol. The van der Waals surface area contributed by atoms with Crippen LogP contribution in [0.4, 0.5) is 0 Å². The van der Waals surface area contributed by atoms with Gasteiger partial charge in [-0.1, -0.05) is 0 Å². The maximum Gasteiger partial charge on any atom is 0.248 e. The molecule has 9 heteroatoms. The number of fused-ring (bicyclic) bond motifs is 1. The summed E-state index contributed by atoms with van der Waals surface area (Å²) in [7, 11) is 0.0348. The van der Waals surface area contributed by atoms with Crippen LogP contribution in [0.5, 0.6) is 0 Å². The number of likely N-dealkylation sites (N-methyl/N-ethyl adjacent to an activating group) is 1. The van der Waals surface area contributed by atoms with Crippen LogP contribution in [0, 0.1) is 5.92 Å². The van der Waals surface area contributed by atoms with Gasteiger partial charge in [0.15, 0.2) is 0 Å². The van der Waals surface area contributed by atoms with Crippen molar-refractivity contribution in [1.29, 1.82) is 0 Å². The number of carbonyl (C=O) groups excluding carboxylic acids is 1. The Labute approximate surface area is 130 Å². The number of sulfonamides is 1. The van der Waals surface area contributed by atoms with Gasteiger partial charge in [-0.15, -0.1) is 0 Å². The molecule has 0 radical (unpaired) electrons. The van der Waals surface area contributed by atoms with Crippen molar-refractivity contribution in [2.45, 2.75) is 13.1 Å². The molecule has 0 aromatic carbocycles. The quantitative estimate of drug-likeness (QED) is 0.718. The Morgan fingerprint density at radius 3 is 2.82 bits per heavy atom. The molecule has 1 unspecified atom stereocenters. The third-order valence-corrected chi connectivity index (χ3v) is 4.80. The fourth-order valence-corrected chi connectivity index (χ4v) is 3.14. The molecule has 0 N–H and O–H groups in total. The molecule has 8 nitrogen and oxygen atoms in total.